The van der Waals surface area contributed by atoms with E-state index >= 15 is 0 Å². The number of halogens is 2. The van der Waals surface area contributed by atoms with Crippen molar-refractivity contribution in [3.8, 4) is 33.8 Å². The number of hydrogen-bond acceptors (Lipinski definition) is 4. The summed E-state index contributed by atoms with van der Waals surface area (Å²) in [7, 11) is 2.92. The molecule has 0 fully saturated rings. The Labute approximate surface area is 183 Å². The van der Waals surface area contributed by atoms with Gasteiger partial charge in [0.2, 0.25) is 0 Å². The molecule has 0 N–H and O–H groups in total. The van der Waals surface area contributed by atoms with Crippen molar-refractivity contribution in [1.82, 2.24) is 0 Å². The van der Waals surface area contributed by atoms with Gasteiger partial charge in [0, 0.05) is 27.6 Å². The van der Waals surface area contributed by atoms with Crippen molar-refractivity contribution < 1.29 is 27.8 Å². The Balaban J connectivity index is 2.27. The van der Waals surface area contributed by atoms with Gasteiger partial charge < -0.3 is 9.47 Å². The maximum absolute atomic E-state index is 14.3. The smallest absolute Gasteiger partial charge is 0.150 e. The lowest BCUT2D eigenvalue weighted by atomic mass is 9.87. The third-order valence-corrected chi connectivity index (χ3v) is 5.37. The Hall–Kier alpha value is -4.06. The van der Waals surface area contributed by atoms with Crippen molar-refractivity contribution in [2.45, 2.75) is 0 Å². The number of carbonyl (C=O) groups excluding carboxylic acids is 2. The molecule has 0 amide bonds. The summed E-state index contributed by atoms with van der Waals surface area (Å²) in [6.45, 7) is 0. The second-order valence-corrected chi connectivity index (χ2v) is 7.08. The fourth-order valence-corrected chi connectivity index (χ4v) is 3.95. The van der Waals surface area contributed by atoms with E-state index in [1.54, 1.807) is 24.3 Å². The Morgan fingerprint density at radius 3 is 1.47 bits per heavy atom. The molecule has 32 heavy (non-hydrogen) atoms. The van der Waals surface area contributed by atoms with Crippen molar-refractivity contribution in [1.29, 1.82) is 0 Å². The number of rotatable bonds is 6. The summed E-state index contributed by atoms with van der Waals surface area (Å²) in [6.07, 6.45) is 1.26. The Bertz CT molecular complexity index is 1260. The molecule has 160 valence electrons. The summed E-state index contributed by atoms with van der Waals surface area (Å²) in [5.74, 6) is -0.309. The molecule has 0 spiro atoms. The minimum atomic E-state index is -0.534. The molecular weight excluding hydrogens is 414 g/mol. The molecule has 0 aliphatic carbocycles. The van der Waals surface area contributed by atoms with Crippen molar-refractivity contribution in [3.63, 3.8) is 0 Å². The van der Waals surface area contributed by atoms with Gasteiger partial charge in [0.05, 0.1) is 14.2 Å². The van der Waals surface area contributed by atoms with Gasteiger partial charge in [-0.2, -0.15) is 0 Å². The molecule has 0 heterocycles. The summed E-state index contributed by atoms with van der Waals surface area (Å²) >= 11 is 0. The van der Waals surface area contributed by atoms with E-state index in [4.69, 9.17) is 9.47 Å². The first-order valence-electron chi connectivity index (χ1n) is 9.70. The molecule has 0 aliphatic heterocycles. The first-order chi connectivity index (χ1) is 15.5. The average Bonchev–Trinajstić information content (AvgIpc) is 2.82. The average molecular weight is 432 g/mol. The maximum atomic E-state index is 14.3. The Kier molecular flexibility index (Phi) is 5.69. The summed E-state index contributed by atoms with van der Waals surface area (Å²) < 4.78 is 39.7. The van der Waals surface area contributed by atoms with E-state index in [2.05, 4.69) is 0 Å². The second kappa shape index (κ2) is 8.59. The van der Waals surface area contributed by atoms with Crippen LogP contribution in [0.3, 0.4) is 0 Å². The van der Waals surface area contributed by atoms with E-state index in [9.17, 15) is 18.4 Å². The van der Waals surface area contributed by atoms with Crippen LogP contribution >= 0.6 is 0 Å². The summed E-state index contributed by atoms with van der Waals surface area (Å²) in [4.78, 5) is 23.6. The van der Waals surface area contributed by atoms with Gasteiger partial charge in [0.25, 0.3) is 0 Å². The van der Waals surface area contributed by atoms with Crippen LogP contribution in [0.4, 0.5) is 8.78 Å². The summed E-state index contributed by atoms with van der Waals surface area (Å²) in [5, 5.41) is 1.24. The lowest BCUT2D eigenvalue weighted by Crippen LogP contribution is -1.99. The highest BCUT2D eigenvalue weighted by atomic mass is 19.1. The van der Waals surface area contributed by atoms with E-state index < -0.39 is 11.6 Å². The van der Waals surface area contributed by atoms with Gasteiger partial charge in [-0.15, -0.1) is 0 Å². The highest BCUT2D eigenvalue weighted by molar-refractivity contribution is 6.13. The first-order valence-corrected chi connectivity index (χ1v) is 9.70. The molecule has 0 aliphatic rings. The molecule has 4 aromatic rings. The third-order valence-electron chi connectivity index (χ3n) is 5.37. The van der Waals surface area contributed by atoms with Crippen LogP contribution in [-0.4, -0.2) is 26.8 Å². The standard InChI is InChI=1S/C26H18F2O4/c1-31-22-9-5-15-6-10-23(32-2)26(21-12-19(28)8-4-17(21)14-30)24(15)25(22)20-11-18(27)7-3-16(20)13-29/h3-14H,1-2H3. The summed E-state index contributed by atoms with van der Waals surface area (Å²) in [5.41, 5.74) is 1.98. The van der Waals surface area contributed by atoms with Crippen LogP contribution in [0.1, 0.15) is 20.7 Å². The lowest BCUT2D eigenvalue weighted by molar-refractivity contribution is 0.111. The molecule has 4 rings (SSSR count). The topological polar surface area (TPSA) is 52.6 Å². The molecule has 0 unspecified atom stereocenters. The maximum Gasteiger partial charge on any atom is 0.150 e. The third kappa shape index (κ3) is 3.50. The quantitative estimate of drug-likeness (QED) is 0.346. The van der Waals surface area contributed by atoms with Gasteiger partial charge in [0.1, 0.15) is 23.1 Å². The van der Waals surface area contributed by atoms with E-state index in [1.807, 2.05) is 0 Å². The number of fused-ring (bicyclic) bond motifs is 1. The molecular formula is C26H18F2O4. The van der Waals surface area contributed by atoms with E-state index in [0.717, 1.165) is 0 Å². The normalized spacial score (nSPS) is 10.8. The molecule has 0 saturated carbocycles. The number of methoxy groups -OCH3 is 2. The fraction of sp³-hybridized carbons (Fsp3) is 0.0769. The van der Waals surface area contributed by atoms with Crippen LogP contribution < -0.4 is 9.47 Å². The molecule has 4 aromatic carbocycles. The van der Waals surface area contributed by atoms with Gasteiger partial charge in [-0.1, -0.05) is 12.1 Å². The van der Waals surface area contributed by atoms with Crippen molar-refractivity contribution in [2.24, 2.45) is 0 Å². The van der Waals surface area contributed by atoms with Crippen molar-refractivity contribution in [3.05, 3.63) is 83.4 Å². The van der Waals surface area contributed by atoms with Crippen LogP contribution in [0.2, 0.25) is 0 Å². The molecule has 0 saturated heterocycles. The number of hydrogen-bond donors (Lipinski definition) is 0. The van der Waals surface area contributed by atoms with Crippen molar-refractivity contribution >= 4 is 23.3 Å². The van der Waals surface area contributed by atoms with E-state index in [0.29, 0.717) is 57.1 Å². The molecule has 0 aromatic heterocycles. The zero-order valence-electron chi connectivity index (χ0n) is 17.3. The highest BCUT2D eigenvalue weighted by Gasteiger charge is 2.22. The minimum Gasteiger partial charge on any atom is -0.496 e. The van der Waals surface area contributed by atoms with Crippen LogP contribution in [0.5, 0.6) is 11.5 Å². The van der Waals surface area contributed by atoms with Gasteiger partial charge in [0.15, 0.2) is 12.6 Å². The predicted molar refractivity (Wildman–Crippen MR) is 119 cm³/mol. The molecule has 4 nitrogen and oxygen atoms in total. The van der Waals surface area contributed by atoms with Crippen LogP contribution in [0.25, 0.3) is 33.0 Å². The van der Waals surface area contributed by atoms with Gasteiger partial charge in [-0.05, 0) is 65.0 Å². The SMILES string of the molecule is COc1ccc2ccc(OC)c(-c3cc(F)ccc3C=O)c2c1-c1cc(F)ccc1C=O. The second-order valence-electron chi connectivity index (χ2n) is 7.08. The monoisotopic (exact) mass is 432 g/mol. The number of benzene rings is 4. The van der Waals surface area contributed by atoms with E-state index in [1.165, 1.54) is 50.6 Å². The van der Waals surface area contributed by atoms with Gasteiger partial charge in [-0.3, -0.25) is 9.59 Å². The van der Waals surface area contributed by atoms with Gasteiger partial charge >= 0.3 is 0 Å². The zero-order valence-corrected chi connectivity index (χ0v) is 17.3. The van der Waals surface area contributed by atoms with Crippen molar-refractivity contribution in [2.75, 3.05) is 14.2 Å². The Morgan fingerprint density at radius 2 is 1.09 bits per heavy atom. The minimum absolute atomic E-state index is 0.251. The molecule has 0 radical (unpaired) electrons. The van der Waals surface area contributed by atoms with E-state index in [-0.39, 0.29) is 11.1 Å². The van der Waals surface area contributed by atoms with Gasteiger partial charge in [-0.25, -0.2) is 8.78 Å². The number of carbonyl (C=O) groups is 2. The molecule has 0 bridgehead atoms. The molecule has 0 atom stereocenters. The zero-order chi connectivity index (χ0) is 22.8. The summed E-state index contributed by atoms with van der Waals surface area (Å²) in [6, 6.07) is 14.7. The lowest BCUT2D eigenvalue weighted by Gasteiger charge is -2.20. The number of ether oxygens (including phenoxy) is 2. The van der Waals surface area contributed by atoms with Crippen LogP contribution in [-0.2, 0) is 0 Å². The number of aldehydes is 2. The fourth-order valence-electron chi connectivity index (χ4n) is 3.95. The van der Waals surface area contributed by atoms with Crippen LogP contribution in [0, 0.1) is 11.6 Å². The van der Waals surface area contributed by atoms with Crippen LogP contribution in [0.15, 0.2) is 60.7 Å². The largest absolute Gasteiger partial charge is 0.496 e. The first kappa shape index (κ1) is 21.2. The molecule has 6 heteroatoms. The Morgan fingerprint density at radius 1 is 0.656 bits per heavy atom. The predicted octanol–water partition coefficient (Wildman–Crippen LogP) is 6.09. The highest BCUT2D eigenvalue weighted by Crippen LogP contribution is 2.47.